The van der Waals surface area contributed by atoms with E-state index >= 15 is 0 Å². The van der Waals surface area contributed by atoms with E-state index in [-0.39, 0.29) is 34.9 Å². The minimum absolute atomic E-state index is 0.144. The van der Waals surface area contributed by atoms with Crippen LogP contribution in [0.25, 0.3) is 10.4 Å². The van der Waals surface area contributed by atoms with Gasteiger partial charge in [0.1, 0.15) is 11.5 Å². The number of aliphatic hydroxyl groups excluding tert-OH is 1. The molecular weight excluding hydrogens is 438 g/mol. The maximum absolute atomic E-state index is 13.5. The number of amides is 2. The molecule has 2 fully saturated rings. The quantitative estimate of drug-likeness (QED) is 0.594. The Morgan fingerprint density at radius 3 is 2.64 bits per heavy atom. The fourth-order valence-corrected chi connectivity index (χ4v) is 5.66. The van der Waals surface area contributed by atoms with Crippen molar-refractivity contribution < 1.29 is 14.7 Å². The number of rotatable bonds is 6. The van der Waals surface area contributed by atoms with Gasteiger partial charge in [-0.1, -0.05) is 0 Å². The first-order valence-electron chi connectivity index (χ1n) is 11.8. The normalized spacial score (nSPS) is 22.7. The highest BCUT2D eigenvalue weighted by Crippen LogP contribution is 2.35. The number of anilines is 1. The third-order valence-corrected chi connectivity index (χ3v) is 7.51. The third-order valence-electron chi connectivity index (χ3n) is 6.43. The van der Waals surface area contributed by atoms with Crippen molar-refractivity contribution in [2.45, 2.75) is 84.0 Å². The van der Waals surface area contributed by atoms with Crippen molar-refractivity contribution in [1.82, 2.24) is 20.2 Å². The Labute approximate surface area is 198 Å². The van der Waals surface area contributed by atoms with Crippen LogP contribution in [0.4, 0.5) is 5.82 Å². The summed E-state index contributed by atoms with van der Waals surface area (Å²) in [5.41, 5.74) is 2.07. The molecule has 2 aliphatic rings. The Balaban J connectivity index is 1.70. The first-order valence-corrected chi connectivity index (χ1v) is 12.6. The summed E-state index contributed by atoms with van der Waals surface area (Å²) in [6.45, 7) is 8.82. The Kier molecular flexibility index (Phi) is 6.99. The van der Waals surface area contributed by atoms with Gasteiger partial charge in [0.2, 0.25) is 0 Å². The smallest absolute Gasteiger partial charge is 0.280 e. The molecule has 178 valence electrons. The second kappa shape index (κ2) is 9.77. The van der Waals surface area contributed by atoms with Gasteiger partial charge in [-0.25, -0.2) is 9.97 Å². The highest BCUT2D eigenvalue weighted by molar-refractivity contribution is 7.17. The maximum atomic E-state index is 13.5. The van der Waals surface area contributed by atoms with Crippen molar-refractivity contribution in [2.75, 3.05) is 11.9 Å². The number of hydrogen-bond acceptors (Lipinski definition) is 7. The lowest BCUT2D eigenvalue weighted by Crippen LogP contribution is -2.40. The minimum Gasteiger partial charge on any atom is -0.391 e. The van der Waals surface area contributed by atoms with Gasteiger partial charge in [0, 0.05) is 30.4 Å². The number of aryl methyl sites for hydroxylation is 1. The lowest BCUT2D eigenvalue weighted by molar-refractivity contribution is 0.0743. The van der Waals surface area contributed by atoms with Gasteiger partial charge in [-0.3, -0.25) is 9.59 Å². The molecule has 1 aliphatic heterocycles. The van der Waals surface area contributed by atoms with Crippen LogP contribution >= 0.6 is 11.3 Å². The fraction of sp³-hybridized carbons (Fsp3) is 0.583. The minimum atomic E-state index is -0.535. The largest absolute Gasteiger partial charge is 0.391 e. The third kappa shape index (κ3) is 5.04. The summed E-state index contributed by atoms with van der Waals surface area (Å²) in [5.74, 6) is 0.282. The zero-order chi connectivity index (χ0) is 23.7. The van der Waals surface area contributed by atoms with Gasteiger partial charge in [0.15, 0.2) is 5.01 Å². The van der Waals surface area contributed by atoms with Crippen LogP contribution in [0.3, 0.4) is 0 Å². The van der Waals surface area contributed by atoms with Crippen LogP contribution in [-0.2, 0) is 0 Å². The van der Waals surface area contributed by atoms with Crippen molar-refractivity contribution in [2.24, 2.45) is 0 Å². The second-order valence-corrected chi connectivity index (χ2v) is 10.4. The van der Waals surface area contributed by atoms with Gasteiger partial charge in [-0.2, -0.15) is 0 Å². The number of hydrogen-bond donors (Lipinski definition) is 3. The summed E-state index contributed by atoms with van der Waals surface area (Å²) < 4.78 is 0. The molecule has 0 spiro atoms. The molecule has 0 unspecified atom stereocenters. The monoisotopic (exact) mass is 471 g/mol. The number of aromatic nitrogens is 2. The number of aliphatic hydroxyl groups is 1. The predicted octanol–water partition coefficient (Wildman–Crippen LogP) is 3.60. The zero-order valence-electron chi connectivity index (χ0n) is 19.7. The molecule has 2 aromatic heterocycles. The van der Waals surface area contributed by atoms with E-state index < -0.39 is 6.10 Å². The van der Waals surface area contributed by atoms with Crippen molar-refractivity contribution in [3.8, 4) is 10.4 Å². The second-order valence-electron chi connectivity index (χ2n) is 9.45. The molecule has 2 aromatic rings. The van der Waals surface area contributed by atoms with Crippen LogP contribution in [0, 0.1) is 6.92 Å². The molecule has 1 aliphatic carbocycles. The summed E-state index contributed by atoms with van der Waals surface area (Å²) in [4.78, 5) is 38.0. The van der Waals surface area contributed by atoms with Crippen molar-refractivity contribution in [1.29, 1.82) is 0 Å². The Bertz CT molecular complexity index is 1040. The highest BCUT2D eigenvalue weighted by atomic mass is 32.1. The number of thiazole rings is 1. The molecular formula is C24H33N5O3S. The van der Waals surface area contributed by atoms with Crippen LogP contribution in [0.5, 0.6) is 0 Å². The van der Waals surface area contributed by atoms with E-state index in [2.05, 4.69) is 20.6 Å². The molecule has 0 aromatic carbocycles. The lowest BCUT2D eigenvalue weighted by atomic mass is 10.1. The SMILES string of the molecule is Cc1cc(NC(C)C)ncc1-c1sc(C(=O)N[C@@H]2CCC[C@H]2O)nc1C(=O)N1CCC[C@@H]1C. The molecule has 3 atom stereocenters. The van der Waals surface area contributed by atoms with E-state index in [1.54, 1.807) is 6.20 Å². The molecule has 8 nitrogen and oxygen atoms in total. The van der Waals surface area contributed by atoms with Crippen LogP contribution in [0.1, 0.15) is 78.7 Å². The molecule has 3 N–H and O–H groups in total. The van der Waals surface area contributed by atoms with E-state index in [0.717, 1.165) is 42.6 Å². The molecule has 0 radical (unpaired) electrons. The van der Waals surface area contributed by atoms with Gasteiger partial charge in [-0.05, 0) is 71.4 Å². The first kappa shape index (κ1) is 23.6. The summed E-state index contributed by atoms with van der Waals surface area (Å²) in [6, 6.07) is 2.08. The van der Waals surface area contributed by atoms with E-state index in [1.807, 2.05) is 38.7 Å². The first-order chi connectivity index (χ1) is 15.7. The van der Waals surface area contributed by atoms with E-state index in [1.165, 1.54) is 11.3 Å². The molecule has 1 saturated heterocycles. The highest BCUT2D eigenvalue weighted by Gasteiger charge is 2.33. The summed E-state index contributed by atoms with van der Waals surface area (Å²) in [7, 11) is 0. The van der Waals surface area contributed by atoms with Gasteiger partial charge in [0.25, 0.3) is 11.8 Å². The lowest BCUT2D eigenvalue weighted by Gasteiger charge is -2.21. The summed E-state index contributed by atoms with van der Waals surface area (Å²) >= 11 is 1.21. The Morgan fingerprint density at radius 2 is 2.03 bits per heavy atom. The molecule has 1 saturated carbocycles. The van der Waals surface area contributed by atoms with Crippen molar-refractivity contribution >= 4 is 29.0 Å². The fourth-order valence-electron chi connectivity index (χ4n) is 4.62. The van der Waals surface area contributed by atoms with Gasteiger partial charge in [-0.15, -0.1) is 11.3 Å². The molecule has 2 amide bonds. The Hall–Kier alpha value is -2.52. The average molecular weight is 472 g/mol. The molecule has 0 bridgehead atoms. The number of pyridine rings is 1. The maximum Gasteiger partial charge on any atom is 0.280 e. The van der Waals surface area contributed by atoms with E-state index in [0.29, 0.717) is 23.5 Å². The van der Waals surface area contributed by atoms with Crippen molar-refractivity contribution in [3.63, 3.8) is 0 Å². The molecule has 4 rings (SSSR count). The van der Waals surface area contributed by atoms with Crippen LogP contribution < -0.4 is 10.6 Å². The standard InChI is InChI=1S/C24H33N5O3S/c1-13(2)26-19-11-14(3)16(12-25-19)21-20(24(32)29-10-6-7-15(29)4)28-23(33-21)22(31)27-17-8-5-9-18(17)30/h11-13,15,17-18,30H,5-10H2,1-4H3,(H,25,26)(H,27,31)/t15-,17+,18+/m0/s1. The number of nitrogens with one attached hydrogen (secondary N) is 2. The van der Waals surface area contributed by atoms with E-state index in [9.17, 15) is 14.7 Å². The molecule has 9 heteroatoms. The van der Waals surface area contributed by atoms with Crippen LogP contribution in [0.15, 0.2) is 12.3 Å². The van der Waals surface area contributed by atoms with Gasteiger partial charge >= 0.3 is 0 Å². The molecule has 3 heterocycles. The summed E-state index contributed by atoms with van der Waals surface area (Å²) in [6.07, 6.45) is 5.46. The molecule has 33 heavy (non-hydrogen) atoms. The van der Waals surface area contributed by atoms with Crippen LogP contribution in [0.2, 0.25) is 0 Å². The summed E-state index contributed by atoms with van der Waals surface area (Å²) in [5, 5.41) is 16.5. The zero-order valence-corrected chi connectivity index (χ0v) is 20.5. The van der Waals surface area contributed by atoms with Gasteiger partial charge < -0.3 is 20.6 Å². The number of carbonyl (C=O) groups is 2. The number of likely N-dealkylation sites (tertiary alicyclic amines) is 1. The average Bonchev–Trinajstić information content (AvgIpc) is 3.48. The van der Waals surface area contributed by atoms with Crippen molar-refractivity contribution in [3.05, 3.63) is 28.5 Å². The van der Waals surface area contributed by atoms with Gasteiger partial charge in [0.05, 0.1) is 17.0 Å². The number of carbonyl (C=O) groups excluding carboxylic acids is 2. The topological polar surface area (TPSA) is 107 Å². The Morgan fingerprint density at radius 1 is 1.24 bits per heavy atom. The predicted molar refractivity (Wildman–Crippen MR) is 130 cm³/mol. The number of nitrogens with zero attached hydrogens (tertiary/aromatic N) is 3. The van der Waals surface area contributed by atoms with Crippen LogP contribution in [-0.4, -0.2) is 62.6 Å². The van der Waals surface area contributed by atoms with E-state index in [4.69, 9.17) is 0 Å².